The molecule has 1 saturated heterocycles. The number of ether oxygens (including phenoxy) is 3. The third kappa shape index (κ3) is 5.86. The normalized spacial score (nSPS) is 29.8. The third-order valence-corrected chi connectivity index (χ3v) is 10.5. The number of carbonyl (C=O) groups is 1. The van der Waals surface area contributed by atoms with Crippen LogP contribution in [0.4, 0.5) is 0 Å². The summed E-state index contributed by atoms with van der Waals surface area (Å²) in [6.07, 6.45) is -7.24. The van der Waals surface area contributed by atoms with Crippen molar-refractivity contribution in [2.45, 2.75) is 88.1 Å². The van der Waals surface area contributed by atoms with Crippen molar-refractivity contribution in [2.24, 2.45) is 0 Å². The summed E-state index contributed by atoms with van der Waals surface area (Å²) in [5, 5.41) is 82.0. The Bertz CT molecular complexity index is 1720. The molecule has 1 fully saturated rings. The molecule has 0 spiro atoms. The molecule has 0 saturated carbocycles. The van der Waals surface area contributed by atoms with E-state index in [9.17, 15) is 40.5 Å². The summed E-state index contributed by atoms with van der Waals surface area (Å²) in [6, 6.07) is 9.49. The van der Waals surface area contributed by atoms with Gasteiger partial charge >= 0.3 is 0 Å². The predicted octanol–water partition coefficient (Wildman–Crippen LogP) is 2.87. The van der Waals surface area contributed by atoms with Crippen LogP contribution >= 0.6 is 22.6 Å². The lowest BCUT2D eigenvalue weighted by molar-refractivity contribution is -0.249. The summed E-state index contributed by atoms with van der Waals surface area (Å²) in [5.41, 5.74) is -0.808. The number of halogens is 1. The number of nitrogens with one attached hydrogen (secondary N) is 1. The van der Waals surface area contributed by atoms with Gasteiger partial charge in [-0.2, -0.15) is 0 Å². The van der Waals surface area contributed by atoms with Crippen LogP contribution in [0.25, 0.3) is 0 Å². The minimum absolute atomic E-state index is 0.00768. The van der Waals surface area contributed by atoms with Crippen LogP contribution in [0, 0.1) is 3.57 Å². The van der Waals surface area contributed by atoms with Gasteiger partial charge < -0.3 is 55.3 Å². The van der Waals surface area contributed by atoms with E-state index >= 15 is 0 Å². The maximum atomic E-state index is 12.8. The number of aliphatic hydroxyl groups is 4. The molecular weight excluding hydrogens is 725 g/mol. The monoisotopic (exact) mass is 763 g/mol. The molecule has 47 heavy (non-hydrogen) atoms. The van der Waals surface area contributed by atoms with E-state index in [0.29, 0.717) is 10.1 Å². The zero-order valence-corrected chi connectivity index (χ0v) is 28.1. The van der Waals surface area contributed by atoms with Crippen LogP contribution in [0.3, 0.4) is 0 Å². The van der Waals surface area contributed by atoms with Crippen LogP contribution < -0.4 is 10.1 Å². The molecular formula is C34H38INO11. The third-order valence-electron chi connectivity index (χ3n) is 9.67. The molecule has 12 nitrogen and oxygen atoms in total. The molecule has 8 atom stereocenters. The van der Waals surface area contributed by atoms with Gasteiger partial charge in [0.25, 0.3) is 0 Å². The van der Waals surface area contributed by atoms with Gasteiger partial charge in [0, 0.05) is 59.7 Å². The van der Waals surface area contributed by atoms with E-state index in [1.807, 2.05) is 28.7 Å². The molecule has 0 amide bonds. The van der Waals surface area contributed by atoms with Crippen LogP contribution in [0.15, 0.2) is 36.4 Å². The number of phenols is 3. The topological polar surface area (TPSA) is 198 Å². The Morgan fingerprint density at radius 2 is 1.77 bits per heavy atom. The lowest BCUT2D eigenvalue weighted by Gasteiger charge is -2.43. The van der Waals surface area contributed by atoms with Gasteiger partial charge in [0.1, 0.15) is 40.8 Å². The number of rotatable bonds is 7. The Labute approximate surface area is 284 Å². The van der Waals surface area contributed by atoms with Crippen LogP contribution in [-0.2, 0) is 27.2 Å². The first-order chi connectivity index (χ1) is 22.2. The second-order valence-electron chi connectivity index (χ2n) is 12.5. The number of benzene rings is 3. The van der Waals surface area contributed by atoms with Crippen molar-refractivity contribution in [3.05, 3.63) is 78.9 Å². The van der Waals surface area contributed by atoms with E-state index in [1.54, 1.807) is 37.3 Å². The van der Waals surface area contributed by atoms with Crippen molar-refractivity contribution < 1.29 is 54.8 Å². The molecule has 1 aliphatic heterocycles. The van der Waals surface area contributed by atoms with Gasteiger partial charge in [-0.25, -0.2) is 0 Å². The number of aromatic hydroxyl groups is 3. The maximum absolute atomic E-state index is 12.8. The minimum atomic E-state index is -1.98. The summed E-state index contributed by atoms with van der Waals surface area (Å²) in [5.74, 6) is -1.06. The maximum Gasteiger partial charge on any atom is 0.161 e. The Balaban J connectivity index is 1.36. The average Bonchev–Trinajstić information content (AvgIpc) is 3.03. The van der Waals surface area contributed by atoms with Gasteiger partial charge in [-0.05, 0) is 65.8 Å². The van der Waals surface area contributed by atoms with Crippen LogP contribution in [-0.4, -0.2) is 78.8 Å². The Kier molecular flexibility index (Phi) is 9.21. The van der Waals surface area contributed by atoms with Crippen LogP contribution in [0.5, 0.6) is 23.0 Å². The predicted molar refractivity (Wildman–Crippen MR) is 175 cm³/mol. The molecule has 8 N–H and O–H groups in total. The fourth-order valence-electron chi connectivity index (χ4n) is 7.07. The van der Waals surface area contributed by atoms with Crippen molar-refractivity contribution in [3.8, 4) is 23.0 Å². The molecule has 13 heteroatoms. The molecule has 0 bridgehead atoms. The number of ketones is 1. The van der Waals surface area contributed by atoms with E-state index in [4.69, 9.17) is 14.2 Å². The highest BCUT2D eigenvalue weighted by molar-refractivity contribution is 14.1. The van der Waals surface area contributed by atoms with E-state index in [1.165, 1.54) is 14.0 Å². The molecule has 2 aliphatic carbocycles. The number of aliphatic hydroxyl groups excluding tert-OH is 3. The number of phenolic OH excluding ortho intramolecular Hbond substituents is 3. The fraction of sp³-hybridized carbons (Fsp3) is 0.441. The van der Waals surface area contributed by atoms with E-state index in [0.717, 1.165) is 5.56 Å². The highest BCUT2D eigenvalue weighted by atomic mass is 127. The number of Topliss-reactive ketones (excluding diaryl/α,β-unsaturated/α-hetero) is 1. The number of hydrogen-bond donors (Lipinski definition) is 8. The summed E-state index contributed by atoms with van der Waals surface area (Å²) in [7, 11) is 1.41. The molecule has 6 rings (SSSR count). The molecule has 3 aromatic rings. The van der Waals surface area contributed by atoms with Gasteiger partial charge in [-0.15, -0.1) is 0 Å². The first-order valence-electron chi connectivity index (χ1n) is 15.3. The quantitative estimate of drug-likeness (QED) is 0.130. The standard InChI is InChI=1S/C34H38INO11/c1-14-29(39)20(36-13-16-7-8-21(38)19(35)9-16)10-24(46-14)47-23-12-34(44,15(2)37)11-18-26(23)33(43)28-27(31(18)41)30(40)17-5-4-6-22(45-3)25(17)32(28)42/h4-9,14,20,23-24,29-30,32,36,38-44H,10-13H2,1-3H3/t14-,20-,23-,24?,29+,30?,32?,34-/m0/s1. The zero-order chi connectivity index (χ0) is 33.9. The Morgan fingerprint density at radius 1 is 1.04 bits per heavy atom. The van der Waals surface area contributed by atoms with Crippen molar-refractivity contribution in [2.75, 3.05) is 7.11 Å². The largest absolute Gasteiger partial charge is 0.507 e. The fourth-order valence-corrected chi connectivity index (χ4v) is 7.65. The summed E-state index contributed by atoms with van der Waals surface area (Å²) < 4.78 is 18.5. The lowest BCUT2D eigenvalue weighted by Crippen LogP contribution is -2.54. The van der Waals surface area contributed by atoms with Crippen LogP contribution in [0.1, 0.15) is 83.9 Å². The molecule has 0 aromatic heterocycles. The van der Waals surface area contributed by atoms with E-state index in [2.05, 4.69) is 5.32 Å². The highest BCUT2D eigenvalue weighted by Crippen LogP contribution is 2.57. The van der Waals surface area contributed by atoms with Gasteiger partial charge in [-0.3, -0.25) is 4.79 Å². The van der Waals surface area contributed by atoms with Crippen molar-refractivity contribution in [1.82, 2.24) is 5.32 Å². The SMILES string of the molecule is COc1cccc2c1C(O)c1c(O)c3c(c(O)c1C2O)C[C@@](O)(C(C)=O)C[C@@H]3OC1C[C@H](NCc2ccc(O)c(I)c2)[C@H](O)[C@H](C)O1. The second-order valence-corrected chi connectivity index (χ2v) is 13.7. The molecule has 0 radical (unpaired) electrons. The molecule has 3 aromatic carbocycles. The smallest absolute Gasteiger partial charge is 0.161 e. The lowest BCUT2D eigenvalue weighted by atomic mass is 9.71. The van der Waals surface area contributed by atoms with Crippen molar-refractivity contribution in [3.63, 3.8) is 0 Å². The summed E-state index contributed by atoms with van der Waals surface area (Å²) in [6.45, 7) is 3.28. The summed E-state index contributed by atoms with van der Waals surface area (Å²) in [4.78, 5) is 12.8. The Hall–Kier alpha value is -3.02. The van der Waals surface area contributed by atoms with Gasteiger partial charge in [-0.1, -0.05) is 18.2 Å². The highest BCUT2D eigenvalue weighted by Gasteiger charge is 2.49. The first kappa shape index (κ1) is 33.9. The molecule has 3 unspecified atom stereocenters. The first-order valence-corrected chi connectivity index (χ1v) is 16.4. The van der Waals surface area contributed by atoms with Crippen molar-refractivity contribution in [1.29, 1.82) is 0 Å². The number of fused-ring (bicyclic) bond motifs is 3. The minimum Gasteiger partial charge on any atom is -0.507 e. The van der Waals surface area contributed by atoms with Crippen LogP contribution in [0.2, 0.25) is 0 Å². The second kappa shape index (κ2) is 12.8. The van der Waals surface area contributed by atoms with Gasteiger partial charge in [0.15, 0.2) is 12.1 Å². The number of hydrogen-bond acceptors (Lipinski definition) is 12. The zero-order valence-electron chi connectivity index (χ0n) is 26.0. The van der Waals surface area contributed by atoms with E-state index < -0.39 is 65.7 Å². The average molecular weight is 764 g/mol. The molecule has 252 valence electrons. The number of methoxy groups -OCH3 is 1. The molecule has 1 heterocycles. The van der Waals surface area contributed by atoms with Gasteiger partial charge in [0.05, 0.1) is 29.0 Å². The summed E-state index contributed by atoms with van der Waals surface area (Å²) >= 11 is 2.03. The Morgan fingerprint density at radius 3 is 2.45 bits per heavy atom. The van der Waals surface area contributed by atoms with E-state index in [-0.39, 0.29) is 64.1 Å². The molecule has 3 aliphatic rings. The number of carbonyl (C=O) groups excluding carboxylic acids is 1. The van der Waals surface area contributed by atoms with Crippen molar-refractivity contribution >= 4 is 28.4 Å². The van der Waals surface area contributed by atoms with Gasteiger partial charge in [0.2, 0.25) is 0 Å².